The lowest BCUT2D eigenvalue weighted by Gasteiger charge is -2.08. The normalized spacial score (nSPS) is 12.9. The van der Waals surface area contributed by atoms with Crippen molar-refractivity contribution in [2.24, 2.45) is 5.73 Å². The molecule has 0 fully saturated rings. The molecule has 1 rings (SSSR count). The molecule has 0 aliphatic heterocycles. The van der Waals surface area contributed by atoms with Gasteiger partial charge in [0.15, 0.2) is 0 Å². The van der Waals surface area contributed by atoms with Crippen LogP contribution in [0, 0.1) is 6.92 Å². The van der Waals surface area contributed by atoms with Crippen LogP contribution in [-0.4, -0.2) is 21.7 Å². The Labute approximate surface area is 71.5 Å². The lowest BCUT2D eigenvalue weighted by Crippen LogP contribution is -2.14. The summed E-state index contributed by atoms with van der Waals surface area (Å²) in [6, 6.07) is -0.206. The molecule has 0 bridgehead atoms. The Morgan fingerprint density at radius 2 is 2.33 bits per heavy atom. The number of aryl methyl sites for hydroxylation is 1. The summed E-state index contributed by atoms with van der Waals surface area (Å²) in [5.41, 5.74) is 7.30. The van der Waals surface area contributed by atoms with Gasteiger partial charge in [-0.1, -0.05) is 0 Å². The molecule has 4 heteroatoms. The van der Waals surface area contributed by atoms with E-state index in [2.05, 4.69) is 9.97 Å². The first-order valence-electron chi connectivity index (χ1n) is 3.89. The lowest BCUT2D eigenvalue weighted by atomic mass is 10.2. The molecular weight excluding hydrogens is 154 g/mol. The van der Waals surface area contributed by atoms with E-state index in [0.717, 1.165) is 11.4 Å². The van der Waals surface area contributed by atoms with E-state index < -0.39 is 0 Å². The molecule has 66 valence electrons. The molecule has 0 saturated heterocycles. The van der Waals surface area contributed by atoms with E-state index in [1.165, 1.54) is 0 Å². The van der Waals surface area contributed by atoms with Crippen molar-refractivity contribution in [3.8, 4) is 0 Å². The van der Waals surface area contributed by atoms with Crippen molar-refractivity contribution in [1.29, 1.82) is 0 Å². The first-order valence-corrected chi connectivity index (χ1v) is 3.89. The fraction of sp³-hybridized carbons (Fsp3) is 0.500. The number of rotatable bonds is 3. The van der Waals surface area contributed by atoms with Crippen LogP contribution in [0.15, 0.2) is 12.4 Å². The summed E-state index contributed by atoms with van der Waals surface area (Å²) in [5, 5.41) is 8.64. The highest BCUT2D eigenvalue weighted by Crippen LogP contribution is 2.08. The highest BCUT2D eigenvalue weighted by Gasteiger charge is 2.06. The summed E-state index contributed by atoms with van der Waals surface area (Å²) in [6.07, 6.45) is 3.83. The summed E-state index contributed by atoms with van der Waals surface area (Å²) in [6.45, 7) is 1.94. The highest BCUT2D eigenvalue weighted by atomic mass is 16.3. The zero-order valence-corrected chi connectivity index (χ0v) is 7.07. The number of nitrogens with two attached hydrogens (primary N) is 1. The van der Waals surface area contributed by atoms with Crippen LogP contribution in [0.3, 0.4) is 0 Å². The van der Waals surface area contributed by atoms with Gasteiger partial charge < -0.3 is 10.8 Å². The van der Waals surface area contributed by atoms with Gasteiger partial charge in [0, 0.05) is 19.0 Å². The van der Waals surface area contributed by atoms with Gasteiger partial charge in [-0.3, -0.25) is 9.97 Å². The molecule has 1 unspecified atom stereocenters. The summed E-state index contributed by atoms with van der Waals surface area (Å²) < 4.78 is 0. The van der Waals surface area contributed by atoms with Crippen LogP contribution in [0.25, 0.3) is 0 Å². The van der Waals surface area contributed by atoms with Gasteiger partial charge in [0.05, 0.1) is 17.4 Å². The maximum Gasteiger partial charge on any atom is 0.0757 e. The molecule has 0 aliphatic rings. The number of hydrogen-bond acceptors (Lipinski definition) is 4. The van der Waals surface area contributed by atoms with Crippen molar-refractivity contribution in [1.82, 2.24) is 9.97 Å². The first-order chi connectivity index (χ1) is 5.74. The van der Waals surface area contributed by atoms with Crippen LogP contribution in [0.1, 0.15) is 23.9 Å². The summed E-state index contributed by atoms with van der Waals surface area (Å²) in [7, 11) is 0. The lowest BCUT2D eigenvalue weighted by molar-refractivity contribution is 0.275. The first kappa shape index (κ1) is 9.09. The van der Waals surface area contributed by atoms with Gasteiger partial charge in [-0.05, 0) is 13.3 Å². The Morgan fingerprint density at radius 1 is 1.58 bits per heavy atom. The zero-order valence-electron chi connectivity index (χ0n) is 7.07. The van der Waals surface area contributed by atoms with E-state index in [1.54, 1.807) is 12.4 Å². The minimum absolute atomic E-state index is 0.0801. The van der Waals surface area contributed by atoms with Crippen LogP contribution in [0.5, 0.6) is 0 Å². The molecule has 1 atom stereocenters. The second-order valence-electron chi connectivity index (χ2n) is 2.70. The summed E-state index contributed by atoms with van der Waals surface area (Å²) in [4.78, 5) is 8.16. The second kappa shape index (κ2) is 4.13. The van der Waals surface area contributed by atoms with E-state index >= 15 is 0 Å². The molecule has 1 aromatic rings. The maximum absolute atomic E-state index is 8.64. The predicted molar refractivity (Wildman–Crippen MR) is 45.4 cm³/mol. The molecule has 4 nitrogen and oxygen atoms in total. The molecule has 1 aromatic heterocycles. The van der Waals surface area contributed by atoms with Crippen molar-refractivity contribution in [2.45, 2.75) is 19.4 Å². The quantitative estimate of drug-likeness (QED) is 0.673. The Hall–Kier alpha value is -1.00. The molecule has 0 aliphatic carbocycles. The van der Waals surface area contributed by atoms with Crippen molar-refractivity contribution in [3.05, 3.63) is 23.8 Å². The Bertz CT molecular complexity index is 252. The molecule has 12 heavy (non-hydrogen) atoms. The summed E-state index contributed by atoms with van der Waals surface area (Å²) >= 11 is 0. The number of aliphatic hydroxyl groups is 1. The molecule has 0 saturated carbocycles. The third kappa shape index (κ3) is 2.25. The molecule has 0 spiro atoms. The number of nitrogens with zero attached hydrogens (tertiary/aromatic N) is 2. The minimum atomic E-state index is -0.206. The van der Waals surface area contributed by atoms with Gasteiger partial charge in [0.25, 0.3) is 0 Å². The Kier molecular flexibility index (Phi) is 3.13. The topological polar surface area (TPSA) is 72.0 Å². The smallest absolute Gasteiger partial charge is 0.0757 e. The Balaban J connectivity index is 2.73. The number of hydrogen-bond donors (Lipinski definition) is 2. The second-order valence-corrected chi connectivity index (χ2v) is 2.70. The Morgan fingerprint density at radius 3 is 2.92 bits per heavy atom. The number of aromatic nitrogens is 2. The zero-order chi connectivity index (χ0) is 8.97. The largest absolute Gasteiger partial charge is 0.396 e. The highest BCUT2D eigenvalue weighted by molar-refractivity contribution is 5.05. The van der Waals surface area contributed by atoms with E-state index in [0.29, 0.717) is 6.42 Å². The monoisotopic (exact) mass is 167 g/mol. The van der Waals surface area contributed by atoms with Crippen molar-refractivity contribution in [3.63, 3.8) is 0 Å². The van der Waals surface area contributed by atoms with Crippen LogP contribution < -0.4 is 5.73 Å². The molecule has 0 radical (unpaired) electrons. The maximum atomic E-state index is 8.64. The van der Waals surface area contributed by atoms with Crippen molar-refractivity contribution >= 4 is 0 Å². The molecular formula is C8H13N3O. The molecule has 1 heterocycles. The van der Waals surface area contributed by atoms with Gasteiger partial charge in [-0.2, -0.15) is 0 Å². The van der Waals surface area contributed by atoms with Crippen LogP contribution in [0.2, 0.25) is 0 Å². The van der Waals surface area contributed by atoms with E-state index in [4.69, 9.17) is 10.8 Å². The third-order valence-corrected chi connectivity index (χ3v) is 1.59. The number of aliphatic hydroxyl groups excluding tert-OH is 1. The van der Waals surface area contributed by atoms with Crippen molar-refractivity contribution in [2.75, 3.05) is 6.61 Å². The summed E-state index contributed by atoms with van der Waals surface area (Å²) in [5.74, 6) is 0. The van der Waals surface area contributed by atoms with E-state index in [1.807, 2.05) is 6.92 Å². The van der Waals surface area contributed by atoms with Gasteiger partial charge in [0.2, 0.25) is 0 Å². The SMILES string of the molecule is Cc1cncc(C(N)CCO)n1. The van der Waals surface area contributed by atoms with Crippen LogP contribution >= 0.6 is 0 Å². The van der Waals surface area contributed by atoms with Gasteiger partial charge in [-0.15, -0.1) is 0 Å². The fourth-order valence-corrected chi connectivity index (χ4v) is 0.948. The average molecular weight is 167 g/mol. The molecule has 3 N–H and O–H groups in total. The predicted octanol–water partition coefficient (Wildman–Crippen LogP) is 0.167. The molecule has 0 amide bonds. The van der Waals surface area contributed by atoms with Gasteiger partial charge in [0.1, 0.15) is 0 Å². The standard InChI is InChI=1S/C8H13N3O/c1-6-4-10-5-8(11-6)7(9)2-3-12/h4-5,7,12H,2-3,9H2,1H3. The minimum Gasteiger partial charge on any atom is -0.396 e. The average Bonchev–Trinajstić information content (AvgIpc) is 2.05. The van der Waals surface area contributed by atoms with E-state index in [-0.39, 0.29) is 12.6 Å². The van der Waals surface area contributed by atoms with E-state index in [9.17, 15) is 0 Å². The van der Waals surface area contributed by atoms with Gasteiger partial charge >= 0.3 is 0 Å². The van der Waals surface area contributed by atoms with Crippen LogP contribution in [0.4, 0.5) is 0 Å². The fourth-order valence-electron chi connectivity index (χ4n) is 0.948. The van der Waals surface area contributed by atoms with Crippen molar-refractivity contribution < 1.29 is 5.11 Å². The molecule has 0 aromatic carbocycles. The van der Waals surface area contributed by atoms with Crippen LogP contribution in [-0.2, 0) is 0 Å². The third-order valence-electron chi connectivity index (χ3n) is 1.59. The van der Waals surface area contributed by atoms with Gasteiger partial charge in [-0.25, -0.2) is 0 Å².